The van der Waals surface area contributed by atoms with Crippen LogP contribution in [0, 0.1) is 0 Å². The van der Waals surface area contributed by atoms with E-state index < -0.39 is 5.60 Å². The first-order chi connectivity index (χ1) is 8.90. The summed E-state index contributed by atoms with van der Waals surface area (Å²) in [6.45, 7) is 5.74. The number of nitrogens with one attached hydrogen (secondary N) is 1. The minimum absolute atomic E-state index is 0.0569. The Morgan fingerprint density at radius 1 is 1.32 bits per heavy atom. The van der Waals surface area contributed by atoms with E-state index in [1.54, 1.807) is 0 Å². The van der Waals surface area contributed by atoms with Crippen molar-refractivity contribution in [2.45, 2.75) is 51.7 Å². The summed E-state index contributed by atoms with van der Waals surface area (Å²) in [6.07, 6.45) is 1.33. The van der Waals surface area contributed by atoms with Gasteiger partial charge in [0.25, 0.3) is 0 Å². The van der Waals surface area contributed by atoms with E-state index in [1.807, 2.05) is 45.0 Å². The Hall–Kier alpha value is -0.870. The van der Waals surface area contributed by atoms with E-state index in [1.165, 1.54) is 0 Å². The van der Waals surface area contributed by atoms with Crippen molar-refractivity contribution in [3.05, 3.63) is 34.3 Å². The number of benzene rings is 1. The van der Waals surface area contributed by atoms with Gasteiger partial charge in [-0.05, 0) is 37.5 Å². The van der Waals surface area contributed by atoms with E-state index >= 15 is 0 Å². The van der Waals surface area contributed by atoms with Crippen LogP contribution >= 0.6 is 15.9 Å². The second-order valence-electron chi connectivity index (χ2n) is 4.95. The van der Waals surface area contributed by atoms with Crippen LogP contribution in [0.5, 0.6) is 0 Å². The van der Waals surface area contributed by atoms with Crippen molar-refractivity contribution in [3.63, 3.8) is 0 Å². The SMILES string of the molecule is CCC(O)(CC)CC(=O)NC(C)c1ccc(Br)cc1. The highest BCUT2D eigenvalue weighted by Crippen LogP contribution is 2.21. The van der Waals surface area contributed by atoms with Crippen molar-refractivity contribution in [3.8, 4) is 0 Å². The van der Waals surface area contributed by atoms with Gasteiger partial charge in [-0.25, -0.2) is 0 Å². The molecule has 0 heterocycles. The summed E-state index contributed by atoms with van der Waals surface area (Å²) in [7, 11) is 0. The lowest BCUT2D eigenvalue weighted by Crippen LogP contribution is -2.36. The molecule has 4 heteroatoms. The topological polar surface area (TPSA) is 49.3 Å². The van der Waals surface area contributed by atoms with E-state index in [2.05, 4.69) is 21.2 Å². The molecule has 0 aliphatic heterocycles. The fraction of sp³-hybridized carbons (Fsp3) is 0.533. The number of carbonyl (C=O) groups excluding carboxylic acids is 1. The summed E-state index contributed by atoms with van der Waals surface area (Å²) in [5.74, 6) is -0.110. The fourth-order valence-corrected chi connectivity index (χ4v) is 2.19. The molecule has 1 aromatic rings. The number of halogens is 1. The fourth-order valence-electron chi connectivity index (χ4n) is 1.93. The molecule has 0 saturated heterocycles. The Kier molecular flexibility index (Phi) is 6.01. The van der Waals surface area contributed by atoms with Crippen molar-refractivity contribution < 1.29 is 9.90 Å². The highest BCUT2D eigenvalue weighted by molar-refractivity contribution is 9.10. The first-order valence-corrected chi connectivity index (χ1v) is 7.46. The maximum Gasteiger partial charge on any atom is 0.223 e. The maximum absolute atomic E-state index is 11.9. The number of carbonyl (C=O) groups is 1. The third-order valence-corrected chi connectivity index (χ3v) is 4.08. The lowest BCUT2D eigenvalue weighted by Gasteiger charge is -2.25. The predicted molar refractivity (Wildman–Crippen MR) is 80.8 cm³/mol. The van der Waals surface area contributed by atoms with Crippen LogP contribution in [0.25, 0.3) is 0 Å². The van der Waals surface area contributed by atoms with E-state index in [9.17, 15) is 9.90 Å². The lowest BCUT2D eigenvalue weighted by molar-refractivity contribution is -0.127. The summed E-state index contributed by atoms with van der Waals surface area (Å²) < 4.78 is 1.01. The van der Waals surface area contributed by atoms with Gasteiger partial charge >= 0.3 is 0 Å². The zero-order valence-corrected chi connectivity index (χ0v) is 13.3. The molecule has 106 valence electrons. The summed E-state index contributed by atoms with van der Waals surface area (Å²) in [6, 6.07) is 7.79. The first-order valence-electron chi connectivity index (χ1n) is 6.67. The Morgan fingerprint density at radius 2 is 1.84 bits per heavy atom. The maximum atomic E-state index is 11.9. The van der Waals surface area contributed by atoms with Gasteiger partial charge in [-0.3, -0.25) is 4.79 Å². The molecule has 1 aromatic carbocycles. The number of hydrogen-bond donors (Lipinski definition) is 2. The normalized spacial score (nSPS) is 13.1. The largest absolute Gasteiger partial charge is 0.389 e. The van der Waals surface area contributed by atoms with Crippen molar-refractivity contribution >= 4 is 21.8 Å². The molecular formula is C15H22BrNO2. The smallest absolute Gasteiger partial charge is 0.223 e. The van der Waals surface area contributed by atoms with Crippen LogP contribution in [-0.4, -0.2) is 16.6 Å². The average Bonchev–Trinajstić information content (AvgIpc) is 2.39. The Bertz CT molecular complexity index is 413. The molecule has 2 N–H and O–H groups in total. The summed E-state index contributed by atoms with van der Waals surface area (Å²) in [4.78, 5) is 11.9. The van der Waals surface area contributed by atoms with Crippen molar-refractivity contribution in [1.82, 2.24) is 5.32 Å². The zero-order valence-electron chi connectivity index (χ0n) is 11.7. The minimum Gasteiger partial charge on any atom is -0.389 e. The van der Waals surface area contributed by atoms with Crippen LogP contribution in [-0.2, 0) is 4.79 Å². The molecule has 0 aliphatic rings. The molecule has 1 rings (SSSR count). The predicted octanol–water partition coefficient (Wildman–Crippen LogP) is 3.57. The van der Waals surface area contributed by atoms with E-state index in [0.717, 1.165) is 10.0 Å². The molecule has 19 heavy (non-hydrogen) atoms. The Morgan fingerprint density at radius 3 is 2.32 bits per heavy atom. The van der Waals surface area contributed by atoms with Crippen molar-refractivity contribution in [1.29, 1.82) is 0 Å². The van der Waals surface area contributed by atoms with Gasteiger partial charge in [-0.15, -0.1) is 0 Å². The van der Waals surface area contributed by atoms with Crippen LogP contribution in [0.15, 0.2) is 28.7 Å². The Labute approximate surface area is 123 Å². The molecule has 0 radical (unpaired) electrons. The molecule has 3 nitrogen and oxygen atoms in total. The summed E-state index contributed by atoms with van der Waals surface area (Å²) in [5, 5.41) is 13.1. The molecule has 0 fully saturated rings. The van der Waals surface area contributed by atoms with Gasteiger partial charge < -0.3 is 10.4 Å². The molecule has 0 aliphatic carbocycles. The third-order valence-electron chi connectivity index (χ3n) is 3.55. The molecule has 0 bridgehead atoms. The van der Waals surface area contributed by atoms with Gasteiger partial charge in [0, 0.05) is 4.47 Å². The number of aliphatic hydroxyl groups is 1. The van der Waals surface area contributed by atoms with E-state index in [4.69, 9.17) is 0 Å². The van der Waals surface area contributed by atoms with Crippen LogP contribution in [0.3, 0.4) is 0 Å². The second kappa shape index (κ2) is 7.06. The molecule has 1 unspecified atom stereocenters. The van der Waals surface area contributed by atoms with Gasteiger partial charge in [0.1, 0.15) is 0 Å². The van der Waals surface area contributed by atoms with Crippen LogP contribution in [0.1, 0.15) is 51.6 Å². The van der Waals surface area contributed by atoms with Gasteiger partial charge in [-0.1, -0.05) is 41.9 Å². The summed E-state index contributed by atoms with van der Waals surface area (Å²) in [5.41, 5.74) is 0.164. The number of amides is 1. The van der Waals surface area contributed by atoms with Gasteiger partial charge in [0.2, 0.25) is 5.91 Å². The van der Waals surface area contributed by atoms with E-state index in [-0.39, 0.29) is 18.4 Å². The Balaban J connectivity index is 2.59. The standard InChI is InChI=1S/C15H22BrNO2/c1-4-15(19,5-2)10-14(18)17-11(3)12-6-8-13(16)9-7-12/h6-9,11,19H,4-5,10H2,1-3H3,(H,17,18). The van der Waals surface area contributed by atoms with Crippen LogP contribution in [0.4, 0.5) is 0 Å². The molecule has 0 spiro atoms. The quantitative estimate of drug-likeness (QED) is 0.839. The average molecular weight is 328 g/mol. The zero-order chi connectivity index (χ0) is 14.5. The molecular weight excluding hydrogens is 306 g/mol. The number of hydrogen-bond acceptors (Lipinski definition) is 2. The van der Waals surface area contributed by atoms with Gasteiger partial charge in [-0.2, -0.15) is 0 Å². The first kappa shape index (κ1) is 16.2. The van der Waals surface area contributed by atoms with Gasteiger partial charge in [0.15, 0.2) is 0 Å². The van der Waals surface area contributed by atoms with E-state index in [0.29, 0.717) is 12.8 Å². The van der Waals surface area contributed by atoms with Crippen molar-refractivity contribution in [2.24, 2.45) is 0 Å². The lowest BCUT2D eigenvalue weighted by atomic mass is 9.93. The third kappa shape index (κ3) is 4.96. The summed E-state index contributed by atoms with van der Waals surface area (Å²) >= 11 is 3.38. The van der Waals surface area contributed by atoms with Crippen molar-refractivity contribution in [2.75, 3.05) is 0 Å². The number of rotatable bonds is 6. The van der Waals surface area contributed by atoms with Gasteiger partial charge in [0.05, 0.1) is 18.1 Å². The second-order valence-corrected chi connectivity index (χ2v) is 5.86. The van der Waals surface area contributed by atoms with Crippen LogP contribution in [0.2, 0.25) is 0 Å². The monoisotopic (exact) mass is 327 g/mol. The molecule has 0 aromatic heterocycles. The molecule has 1 atom stereocenters. The highest BCUT2D eigenvalue weighted by Gasteiger charge is 2.26. The van der Waals surface area contributed by atoms with Crippen LogP contribution < -0.4 is 5.32 Å². The molecule has 0 saturated carbocycles. The highest BCUT2D eigenvalue weighted by atomic mass is 79.9. The molecule has 1 amide bonds. The minimum atomic E-state index is -0.885.